The van der Waals surface area contributed by atoms with Gasteiger partial charge in [-0.25, -0.2) is 8.70 Å². The summed E-state index contributed by atoms with van der Waals surface area (Å²) in [7, 11) is -1.15. The van der Waals surface area contributed by atoms with Gasteiger partial charge < -0.3 is 5.32 Å². The van der Waals surface area contributed by atoms with Gasteiger partial charge in [-0.1, -0.05) is 37.3 Å². The second kappa shape index (κ2) is 8.96. The van der Waals surface area contributed by atoms with Crippen LogP contribution in [0, 0.1) is 5.82 Å². The first kappa shape index (κ1) is 20.9. The number of hydrogen-bond donors (Lipinski definition) is 1. The smallest absolute Gasteiger partial charge is 0.304 e. The summed E-state index contributed by atoms with van der Waals surface area (Å²) >= 11 is 0. The van der Waals surface area contributed by atoms with Crippen molar-refractivity contribution in [2.24, 2.45) is 0 Å². The third-order valence-corrected chi connectivity index (χ3v) is 5.94. The maximum absolute atomic E-state index is 13.2. The lowest BCUT2D eigenvalue weighted by molar-refractivity contribution is -0.119. The fourth-order valence-corrected chi connectivity index (χ4v) is 3.53. The summed E-state index contributed by atoms with van der Waals surface area (Å²) < 4.78 is 40.3. The van der Waals surface area contributed by atoms with Crippen molar-refractivity contribution in [1.82, 2.24) is 9.62 Å². The Labute approximate surface area is 159 Å². The van der Waals surface area contributed by atoms with E-state index in [4.69, 9.17) is 0 Å². The van der Waals surface area contributed by atoms with Gasteiger partial charge in [0.25, 0.3) is 0 Å². The molecule has 0 saturated carbocycles. The summed E-state index contributed by atoms with van der Waals surface area (Å²) in [6, 6.07) is 14.7. The third-order valence-electron chi connectivity index (χ3n) is 4.12. The second-order valence-corrected chi connectivity index (χ2v) is 8.46. The maximum Gasteiger partial charge on any atom is 0.304 e. The molecule has 0 aromatic heterocycles. The Balaban J connectivity index is 2.10. The average Bonchev–Trinajstić information content (AvgIpc) is 2.65. The molecule has 8 heteroatoms. The summed E-state index contributed by atoms with van der Waals surface area (Å²) in [5, 5.41) is 2.77. The van der Waals surface area contributed by atoms with Crippen molar-refractivity contribution >= 4 is 21.8 Å². The number of nitrogens with one attached hydrogen (secondary N) is 1. The van der Waals surface area contributed by atoms with Crippen LogP contribution in [0.3, 0.4) is 0 Å². The van der Waals surface area contributed by atoms with Crippen LogP contribution >= 0.6 is 0 Å². The molecule has 0 bridgehead atoms. The number of halogens is 1. The fourth-order valence-electron chi connectivity index (χ4n) is 2.46. The van der Waals surface area contributed by atoms with Crippen LogP contribution in [-0.4, -0.2) is 45.8 Å². The van der Waals surface area contributed by atoms with E-state index >= 15 is 0 Å². The molecule has 0 aliphatic carbocycles. The lowest BCUT2D eigenvalue weighted by atomic mass is 10.0. The van der Waals surface area contributed by atoms with E-state index in [1.165, 1.54) is 26.2 Å². The minimum Gasteiger partial charge on any atom is -0.354 e. The molecule has 0 saturated heterocycles. The average molecular weight is 393 g/mol. The summed E-state index contributed by atoms with van der Waals surface area (Å²) in [5.41, 5.74) is 1.30. The van der Waals surface area contributed by atoms with Gasteiger partial charge in [-0.3, -0.25) is 4.79 Å². The van der Waals surface area contributed by atoms with Gasteiger partial charge in [-0.15, -0.1) is 0 Å². The second-order valence-electron chi connectivity index (χ2n) is 6.39. The Bertz CT molecular complexity index is 856. The first-order chi connectivity index (χ1) is 12.7. The van der Waals surface area contributed by atoms with Crippen molar-refractivity contribution in [3.63, 3.8) is 0 Å². The van der Waals surface area contributed by atoms with Crippen molar-refractivity contribution in [3.05, 3.63) is 66.0 Å². The molecule has 146 valence electrons. The van der Waals surface area contributed by atoms with E-state index in [0.29, 0.717) is 6.54 Å². The SMILES string of the molecule is CC(CNC(=O)CN(c1ccc(F)cc1)S(=O)(=O)N(C)C)c1ccccc1. The molecule has 6 nitrogen and oxygen atoms in total. The Morgan fingerprint density at radius 3 is 2.22 bits per heavy atom. The van der Waals surface area contributed by atoms with Gasteiger partial charge in [0.15, 0.2) is 0 Å². The number of benzene rings is 2. The zero-order valence-electron chi connectivity index (χ0n) is 15.6. The van der Waals surface area contributed by atoms with Crippen LogP contribution in [0.15, 0.2) is 54.6 Å². The molecule has 27 heavy (non-hydrogen) atoms. The number of carbonyl (C=O) groups is 1. The standard InChI is InChI=1S/C19H24FN3O3S/c1-15(16-7-5-4-6-8-16)13-21-19(24)14-23(27(25,26)22(2)3)18-11-9-17(20)10-12-18/h4-12,15H,13-14H2,1-3H3,(H,21,24). The topological polar surface area (TPSA) is 69.7 Å². The van der Waals surface area contributed by atoms with Crippen LogP contribution in [0.1, 0.15) is 18.4 Å². The number of hydrogen-bond acceptors (Lipinski definition) is 3. The summed E-state index contributed by atoms with van der Waals surface area (Å²) in [4.78, 5) is 12.4. The Hall–Kier alpha value is -2.45. The molecule has 0 radical (unpaired) electrons. The molecule has 0 aliphatic rings. The minimum atomic E-state index is -3.91. The summed E-state index contributed by atoms with van der Waals surface area (Å²) in [6.07, 6.45) is 0. The van der Waals surface area contributed by atoms with Gasteiger partial charge in [-0.2, -0.15) is 12.7 Å². The van der Waals surface area contributed by atoms with Crippen LogP contribution < -0.4 is 9.62 Å². The lowest BCUT2D eigenvalue weighted by Gasteiger charge is -2.27. The van der Waals surface area contributed by atoms with Crippen molar-refractivity contribution < 1.29 is 17.6 Å². The number of nitrogens with zero attached hydrogens (tertiary/aromatic N) is 2. The van der Waals surface area contributed by atoms with Crippen LogP contribution in [0.2, 0.25) is 0 Å². The van der Waals surface area contributed by atoms with E-state index in [9.17, 15) is 17.6 Å². The van der Waals surface area contributed by atoms with Crippen molar-refractivity contribution in [3.8, 4) is 0 Å². The van der Waals surface area contributed by atoms with Gasteiger partial charge in [0.2, 0.25) is 5.91 Å². The predicted octanol–water partition coefficient (Wildman–Crippen LogP) is 2.36. The van der Waals surface area contributed by atoms with Crippen LogP contribution in [0.4, 0.5) is 10.1 Å². The summed E-state index contributed by atoms with van der Waals surface area (Å²) in [6.45, 7) is 1.96. The molecule has 1 atom stereocenters. The predicted molar refractivity (Wildman–Crippen MR) is 104 cm³/mol. The third kappa shape index (κ3) is 5.51. The molecule has 0 aliphatic heterocycles. The van der Waals surface area contributed by atoms with E-state index in [-0.39, 0.29) is 11.6 Å². The molecule has 1 amide bonds. The van der Waals surface area contributed by atoms with Crippen LogP contribution in [0.25, 0.3) is 0 Å². The molecule has 2 aromatic rings. The molecule has 0 heterocycles. The van der Waals surface area contributed by atoms with Crippen molar-refractivity contribution in [1.29, 1.82) is 0 Å². The van der Waals surface area contributed by atoms with Gasteiger partial charge in [0.1, 0.15) is 12.4 Å². The van der Waals surface area contributed by atoms with E-state index in [0.717, 1.165) is 26.3 Å². The molecule has 1 N–H and O–H groups in total. The Kier molecular flexibility index (Phi) is 6.92. The highest BCUT2D eigenvalue weighted by Crippen LogP contribution is 2.20. The quantitative estimate of drug-likeness (QED) is 0.749. The fraction of sp³-hybridized carbons (Fsp3) is 0.316. The van der Waals surface area contributed by atoms with Gasteiger partial charge in [-0.05, 0) is 35.7 Å². The lowest BCUT2D eigenvalue weighted by Crippen LogP contribution is -2.46. The molecular formula is C19H24FN3O3S. The summed E-state index contributed by atoms with van der Waals surface area (Å²) in [5.74, 6) is -0.838. The number of anilines is 1. The van der Waals surface area contributed by atoms with Gasteiger partial charge >= 0.3 is 10.2 Å². The van der Waals surface area contributed by atoms with Gasteiger partial charge in [0, 0.05) is 20.6 Å². The largest absolute Gasteiger partial charge is 0.354 e. The Morgan fingerprint density at radius 1 is 1.07 bits per heavy atom. The van der Waals surface area contributed by atoms with E-state index in [2.05, 4.69) is 5.32 Å². The monoisotopic (exact) mass is 393 g/mol. The van der Waals surface area contributed by atoms with E-state index < -0.39 is 28.5 Å². The molecule has 2 rings (SSSR count). The molecule has 2 aromatic carbocycles. The highest BCUT2D eigenvalue weighted by Gasteiger charge is 2.27. The molecule has 0 fully saturated rings. The first-order valence-electron chi connectivity index (χ1n) is 8.49. The van der Waals surface area contributed by atoms with E-state index in [1.54, 1.807) is 0 Å². The van der Waals surface area contributed by atoms with E-state index in [1.807, 2.05) is 37.3 Å². The zero-order chi connectivity index (χ0) is 20.0. The van der Waals surface area contributed by atoms with Crippen molar-refractivity contribution in [2.45, 2.75) is 12.8 Å². The zero-order valence-corrected chi connectivity index (χ0v) is 16.4. The van der Waals surface area contributed by atoms with Crippen molar-refractivity contribution in [2.75, 3.05) is 31.5 Å². The number of amides is 1. The molecule has 0 spiro atoms. The number of rotatable bonds is 8. The highest BCUT2D eigenvalue weighted by molar-refractivity contribution is 7.90. The van der Waals surface area contributed by atoms with Crippen LogP contribution in [-0.2, 0) is 15.0 Å². The van der Waals surface area contributed by atoms with Gasteiger partial charge in [0.05, 0.1) is 5.69 Å². The first-order valence-corrected chi connectivity index (χ1v) is 9.89. The highest BCUT2D eigenvalue weighted by atomic mass is 32.2. The minimum absolute atomic E-state index is 0.0832. The van der Waals surface area contributed by atoms with Crippen LogP contribution in [0.5, 0.6) is 0 Å². The maximum atomic E-state index is 13.2. The molecular weight excluding hydrogens is 369 g/mol. The number of carbonyl (C=O) groups excluding carboxylic acids is 1. The normalized spacial score (nSPS) is 12.6. The Morgan fingerprint density at radius 2 is 1.67 bits per heavy atom. The molecule has 1 unspecified atom stereocenters.